The third-order valence-electron chi connectivity index (χ3n) is 2.85. The number of nitrogens with two attached hydrogens (primary N) is 1. The molecule has 0 unspecified atom stereocenters. The molecule has 0 aliphatic carbocycles. The fourth-order valence-corrected chi connectivity index (χ4v) is 3.60. The first kappa shape index (κ1) is 13.2. The second-order valence-corrected chi connectivity index (χ2v) is 7.59. The highest BCUT2D eigenvalue weighted by molar-refractivity contribution is 9.10. The molecule has 1 aliphatic heterocycles. The van der Waals surface area contributed by atoms with Gasteiger partial charge < -0.3 is 10.6 Å². The number of aromatic nitrogens is 1. The Bertz CT molecular complexity index is 409. The van der Waals surface area contributed by atoms with E-state index < -0.39 is 0 Å². The van der Waals surface area contributed by atoms with Crippen LogP contribution in [0.4, 0.5) is 5.82 Å². The summed E-state index contributed by atoms with van der Waals surface area (Å²) in [6.07, 6.45) is 1.85. The maximum absolute atomic E-state index is 5.80. The van der Waals surface area contributed by atoms with E-state index in [0.717, 1.165) is 34.7 Å². The summed E-state index contributed by atoms with van der Waals surface area (Å²) in [5, 5.41) is 0. The molecule has 5 heteroatoms. The molecule has 0 bridgehead atoms. The van der Waals surface area contributed by atoms with Crippen LogP contribution >= 0.6 is 27.7 Å². The Kier molecular flexibility index (Phi) is 4.00. The van der Waals surface area contributed by atoms with Gasteiger partial charge in [0, 0.05) is 46.4 Å². The van der Waals surface area contributed by atoms with Gasteiger partial charge in [0.05, 0.1) is 0 Å². The summed E-state index contributed by atoms with van der Waals surface area (Å²) in [6, 6.07) is 2.07. The maximum Gasteiger partial charge on any atom is 0.133 e. The lowest BCUT2D eigenvalue weighted by atomic mass is 10.1. The second kappa shape index (κ2) is 5.16. The van der Waals surface area contributed by atoms with Crippen LogP contribution in [0.2, 0.25) is 0 Å². The summed E-state index contributed by atoms with van der Waals surface area (Å²) < 4.78 is 1.28. The summed E-state index contributed by atoms with van der Waals surface area (Å²) in [4.78, 5) is 6.88. The van der Waals surface area contributed by atoms with E-state index in [4.69, 9.17) is 5.73 Å². The minimum Gasteiger partial charge on any atom is -0.354 e. The van der Waals surface area contributed by atoms with Crippen molar-refractivity contribution in [3.05, 3.63) is 22.3 Å². The molecule has 2 heterocycles. The van der Waals surface area contributed by atoms with E-state index >= 15 is 0 Å². The number of pyridine rings is 1. The Morgan fingerprint density at radius 3 is 3.00 bits per heavy atom. The van der Waals surface area contributed by atoms with Gasteiger partial charge in [-0.05, 0) is 35.8 Å². The summed E-state index contributed by atoms with van der Waals surface area (Å²) in [6.45, 7) is 7.18. The van der Waals surface area contributed by atoms with Crippen molar-refractivity contribution >= 4 is 33.5 Å². The fraction of sp³-hybridized carbons (Fsp3) is 0.583. The fourth-order valence-electron chi connectivity index (χ4n) is 2.11. The molecule has 3 nitrogen and oxygen atoms in total. The summed E-state index contributed by atoms with van der Waals surface area (Å²) in [5.74, 6) is 2.19. The molecule has 0 amide bonds. The van der Waals surface area contributed by atoms with Crippen LogP contribution in [-0.2, 0) is 6.54 Å². The van der Waals surface area contributed by atoms with Crippen LogP contribution in [0.15, 0.2) is 16.7 Å². The molecule has 0 atom stereocenters. The standard InChI is InChI=1S/C12H18BrN3S/c1-12(2)8-16(3-4-17-12)11-9(6-14)5-10(13)7-15-11/h5,7H,3-4,6,8,14H2,1-2H3. The molecule has 0 spiro atoms. The van der Waals surface area contributed by atoms with E-state index in [1.165, 1.54) is 0 Å². The van der Waals surface area contributed by atoms with E-state index in [1.807, 2.05) is 18.0 Å². The largest absolute Gasteiger partial charge is 0.354 e. The highest BCUT2D eigenvalue weighted by Crippen LogP contribution is 2.33. The van der Waals surface area contributed by atoms with Crippen molar-refractivity contribution in [3.8, 4) is 0 Å². The number of halogens is 1. The van der Waals surface area contributed by atoms with Crippen LogP contribution in [-0.4, -0.2) is 28.6 Å². The van der Waals surface area contributed by atoms with Crippen molar-refractivity contribution in [1.29, 1.82) is 0 Å². The molecule has 1 aliphatic rings. The molecular formula is C12H18BrN3S. The van der Waals surface area contributed by atoms with Gasteiger partial charge in [0.15, 0.2) is 0 Å². The first-order valence-corrected chi connectivity index (χ1v) is 7.53. The Hall–Kier alpha value is -0.260. The molecule has 0 saturated carbocycles. The Morgan fingerprint density at radius 1 is 1.59 bits per heavy atom. The quantitative estimate of drug-likeness (QED) is 0.911. The Labute approximate surface area is 115 Å². The third kappa shape index (κ3) is 3.14. The van der Waals surface area contributed by atoms with Crippen LogP contribution in [0.1, 0.15) is 19.4 Å². The molecule has 0 aromatic carbocycles. The lowest BCUT2D eigenvalue weighted by molar-refractivity contribution is 0.639. The second-order valence-electron chi connectivity index (χ2n) is 4.87. The zero-order chi connectivity index (χ0) is 12.5. The molecular weight excluding hydrogens is 298 g/mol. The average molecular weight is 316 g/mol. The van der Waals surface area contributed by atoms with Gasteiger partial charge in [-0.3, -0.25) is 0 Å². The predicted octanol–water partition coefficient (Wildman–Crippen LogP) is 2.63. The summed E-state index contributed by atoms with van der Waals surface area (Å²) in [7, 11) is 0. The molecule has 1 saturated heterocycles. The van der Waals surface area contributed by atoms with Gasteiger partial charge in [-0.15, -0.1) is 0 Å². The number of anilines is 1. The van der Waals surface area contributed by atoms with Crippen LogP contribution < -0.4 is 10.6 Å². The van der Waals surface area contributed by atoms with Crippen molar-refractivity contribution in [2.45, 2.75) is 25.1 Å². The summed E-state index contributed by atoms with van der Waals surface area (Å²) in [5.41, 5.74) is 6.91. The molecule has 1 fully saturated rings. The molecule has 1 aromatic rings. The van der Waals surface area contributed by atoms with Gasteiger partial charge in [0.1, 0.15) is 5.82 Å². The van der Waals surface area contributed by atoms with E-state index in [0.29, 0.717) is 11.3 Å². The number of rotatable bonds is 2. The lowest BCUT2D eigenvalue weighted by Gasteiger charge is -2.38. The lowest BCUT2D eigenvalue weighted by Crippen LogP contribution is -2.44. The zero-order valence-electron chi connectivity index (χ0n) is 10.2. The topological polar surface area (TPSA) is 42.2 Å². The highest BCUT2D eigenvalue weighted by atomic mass is 79.9. The van der Waals surface area contributed by atoms with E-state index in [-0.39, 0.29) is 0 Å². The van der Waals surface area contributed by atoms with E-state index in [9.17, 15) is 0 Å². The number of hydrogen-bond acceptors (Lipinski definition) is 4. The average Bonchev–Trinajstić information content (AvgIpc) is 2.27. The first-order chi connectivity index (χ1) is 8.02. The van der Waals surface area contributed by atoms with Crippen LogP contribution in [0, 0.1) is 0 Å². The molecule has 2 rings (SSSR count). The third-order valence-corrected chi connectivity index (χ3v) is 4.59. The van der Waals surface area contributed by atoms with Crippen LogP contribution in [0.3, 0.4) is 0 Å². The molecule has 0 radical (unpaired) electrons. The minimum absolute atomic E-state index is 0.291. The Morgan fingerprint density at radius 2 is 2.35 bits per heavy atom. The number of nitrogens with zero attached hydrogens (tertiary/aromatic N) is 2. The smallest absolute Gasteiger partial charge is 0.133 e. The van der Waals surface area contributed by atoms with Gasteiger partial charge in [-0.25, -0.2) is 4.98 Å². The van der Waals surface area contributed by atoms with Crippen molar-refractivity contribution in [3.63, 3.8) is 0 Å². The molecule has 1 aromatic heterocycles. The van der Waals surface area contributed by atoms with Crippen molar-refractivity contribution in [2.75, 3.05) is 23.7 Å². The Balaban J connectivity index is 2.27. The monoisotopic (exact) mass is 315 g/mol. The highest BCUT2D eigenvalue weighted by Gasteiger charge is 2.28. The molecule has 2 N–H and O–H groups in total. The number of hydrogen-bond donors (Lipinski definition) is 1. The number of thioether (sulfide) groups is 1. The van der Waals surface area contributed by atoms with Crippen molar-refractivity contribution in [2.24, 2.45) is 5.73 Å². The van der Waals surface area contributed by atoms with E-state index in [2.05, 4.69) is 45.7 Å². The van der Waals surface area contributed by atoms with E-state index in [1.54, 1.807) is 0 Å². The van der Waals surface area contributed by atoms with Gasteiger partial charge in [0.2, 0.25) is 0 Å². The van der Waals surface area contributed by atoms with Crippen LogP contribution in [0.5, 0.6) is 0 Å². The molecule has 94 valence electrons. The van der Waals surface area contributed by atoms with Crippen molar-refractivity contribution in [1.82, 2.24) is 4.98 Å². The minimum atomic E-state index is 0.291. The SMILES string of the molecule is CC1(C)CN(c2ncc(Br)cc2CN)CCS1. The zero-order valence-corrected chi connectivity index (χ0v) is 12.6. The van der Waals surface area contributed by atoms with Gasteiger partial charge in [-0.2, -0.15) is 11.8 Å². The van der Waals surface area contributed by atoms with Gasteiger partial charge >= 0.3 is 0 Å². The predicted molar refractivity (Wildman–Crippen MR) is 78.6 cm³/mol. The first-order valence-electron chi connectivity index (χ1n) is 5.75. The van der Waals surface area contributed by atoms with Crippen molar-refractivity contribution < 1.29 is 0 Å². The van der Waals surface area contributed by atoms with Crippen LogP contribution in [0.25, 0.3) is 0 Å². The molecule has 17 heavy (non-hydrogen) atoms. The van der Waals surface area contributed by atoms with Gasteiger partial charge in [0.25, 0.3) is 0 Å². The van der Waals surface area contributed by atoms with Gasteiger partial charge in [-0.1, -0.05) is 0 Å². The maximum atomic E-state index is 5.80. The normalized spacial score (nSPS) is 19.4. The summed E-state index contributed by atoms with van der Waals surface area (Å²) >= 11 is 5.47.